The summed E-state index contributed by atoms with van der Waals surface area (Å²) in [5, 5.41) is 12.4. The van der Waals surface area contributed by atoms with Crippen LogP contribution in [-0.2, 0) is 0 Å². The maximum Gasteiger partial charge on any atom is 0.197 e. The molecule has 0 aliphatic heterocycles. The van der Waals surface area contributed by atoms with Crippen LogP contribution < -0.4 is 10.9 Å². The maximum atomic E-state index is 13.9. The van der Waals surface area contributed by atoms with Crippen LogP contribution >= 0.6 is 0 Å². The Morgan fingerprint density at radius 1 is 0.500 bits per heavy atom. The molecule has 7 aromatic rings. The highest BCUT2D eigenvalue weighted by molar-refractivity contribution is 6.09. The summed E-state index contributed by atoms with van der Waals surface area (Å²) in [5.74, 6) is 0. The molecule has 5 nitrogen and oxygen atoms in total. The van der Waals surface area contributed by atoms with Crippen molar-refractivity contribution in [3.05, 3.63) is 141 Å². The monoisotopic (exact) mass is 489 g/mol. The van der Waals surface area contributed by atoms with Gasteiger partial charge in [0, 0.05) is 32.9 Å². The van der Waals surface area contributed by atoms with Gasteiger partial charge in [0.15, 0.2) is 10.9 Å². The highest BCUT2D eigenvalue weighted by Gasteiger charge is 2.23. The van der Waals surface area contributed by atoms with E-state index in [-0.39, 0.29) is 16.4 Å². The molecule has 0 bridgehead atoms. The van der Waals surface area contributed by atoms with Gasteiger partial charge in [-0.2, -0.15) is 5.26 Å². The summed E-state index contributed by atoms with van der Waals surface area (Å²) in [6.45, 7) is 0. The SMILES string of the molecule is N#Cc1c2c(cc3c(=O)c4ccccc4n(-c4ccccc4)c13)c(=O)c1ccccc1n2-c1ccccc1. The average molecular weight is 490 g/mol. The van der Waals surface area contributed by atoms with Gasteiger partial charge in [-0.1, -0.05) is 60.7 Å². The molecule has 0 unspecified atom stereocenters. The molecule has 0 aliphatic carbocycles. The molecule has 0 aliphatic rings. The van der Waals surface area contributed by atoms with Gasteiger partial charge in [-0.3, -0.25) is 9.59 Å². The fourth-order valence-electron chi connectivity index (χ4n) is 5.52. The Kier molecular flexibility index (Phi) is 4.75. The van der Waals surface area contributed by atoms with Crippen LogP contribution in [0.3, 0.4) is 0 Å². The topological polar surface area (TPSA) is 67.8 Å². The molecule has 0 saturated heterocycles. The molecule has 7 rings (SSSR count). The van der Waals surface area contributed by atoms with Crippen molar-refractivity contribution in [3.8, 4) is 17.4 Å². The lowest BCUT2D eigenvalue weighted by Gasteiger charge is -2.20. The lowest BCUT2D eigenvalue weighted by molar-refractivity contribution is 1.14. The van der Waals surface area contributed by atoms with E-state index in [4.69, 9.17) is 0 Å². The number of hydrogen-bond donors (Lipinski definition) is 0. The molecule has 0 atom stereocenters. The number of nitrogens with zero attached hydrogens (tertiary/aromatic N) is 3. The third-order valence-corrected chi connectivity index (χ3v) is 7.13. The minimum absolute atomic E-state index is 0.208. The van der Waals surface area contributed by atoms with Gasteiger partial charge in [0.25, 0.3) is 0 Å². The zero-order valence-corrected chi connectivity index (χ0v) is 20.1. The van der Waals surface area contributed by atoms with Crippen molar-refractivity contribution in [3.63, 3.8) is 0 Å². The number of aromatic nitrogens is 2. The van der Waals surface area contributed by atoms with Crippen molar-refractivity contribution in [1.82, 2.24) is 9.13 Å². The van der Waals surface area contributed by atoms with Crippen LogP contribution in [-0.4, -0.2) is 9.13 Å². The zero-order chi connectivity index (χ0) is 25.8. The Balaban J connectivity index is 1.86. The van der Waals surface area contributed by atoms with Crippen LogP contribution in [0.25, 0.3) is 55.0 Å². The standard InChI is InChI=1S/C33H19N3O2/c34-20-27-30-25(32(37)23-15-7-9-17-28(23)35(30)21-11-3-1-4-12-21)19-26-31(27)36(22-13-5-2-6-14-22)29-18-10-8-16-24(29)33(26)38/h1-19H. The Morgan fingerprint density at radius 3 is 1.32 bits per heavy atom. The van der Waals surface area contributed by atoms with E-state index in [0.717, 1.165) is 11.4 Å². The first-order chi connectivity index (χ1) is 18.7. The highest BCUT2D eigenvalue weighted by Crippen LogP contribution is 2.33. The molecule has 0 saturated carbocycles. The average Bonchev–Trinajstić information content (AvgIpc) is 2.98. The van der Waals surface area contributed by atoms with Crippen LogP contribution in [0, 0.1) is 11.3 Å². The molecule has 0 radical (unpaired) electrons. The Hall–Kier alpha value is -5.47. The molecule has 5 aromatic carbocycles. The molecular formula is C33H19N3O2. The molecule has 38 heavy (non-hydrogen) atoms. The summed E-state index contributed by atoms with van der Waals surface area (Å²) in [5.41, 5.74) is 3.85. The van der Waals surface area contributed by atoms with E-state index in [0.29, 0.717) is 43.6 Å². The van der Waals surface area contributed by atoms with Crippen molar-refractivity contribution in [2.45, 2.75) is 0 Å². The van der Waals surface area contributed by atoms with E-state index in [2.05, 4.69) is 6.07 Å². The van der Waals surface area contributed by atoms with Crippen LogP contribution in [0.5, 0.6) is 0 Å². The smallest absolute Gasteiger partial charge is 0.197 e. The normalized spacial score (nSPS) is 11.3. The van der Waals surface area contributed by atoms with Crippen molar-refractivity contribution < 1.29 is 0 Å². The molecule has 2 aromatic heterocycles. The molecule has 0 N–H and O–H groups in total. The van der Waals surface area contributed by atoms with Gasteiger partial charge in [0.05, 0.1) is 22.1 Å². The number of benzene rings is 5. The van der Waals surface area contributed by atoms with Crippen molar-refractivity contribution in [2.75, 3.05) is 0 Å². The van der Waals surface area contributed by atoms with E-state index in [1.54, 1.807) is 18.2 Å². The predicted octanol–water partition coefficient (Wildman–Crippen LogP) is 6.47. The van der Waals surface area contributed by atoms with Gasteiger partial charge < -0.3 is 9.13 Å². The summed E-state index contributed by atoms with van der Waals surface area (Å²) in [6.07, 6.45) is 0. The third-order valence-electron chi connectivity index (χ3n) is 7.13. The highest BCUT2D eigenvalue weighted by atomic mass is 16.1. The minimum Gasteiger partial charge on any atom is -0.308 e. The quantitative estimate of drug-likeness (QED) is 0.261. The van der Waals surface area contributed by atoms with E-state index in [1.165, 1.54) is 0 Å². The Labute approximate surface area is 216 Å². The minimum atomic E-state index is -0.208. The lowest BCUT2D eigenvalue weighted by Crippen LogP contribution is -2.16. The van der Waals surface area contributed by atoms with Gasteiger partial charge in [0.1, 0.15) is 11.6 Å². The predicted molar refractivity (Wildman–Crippen MR) is 152 cm³/mol. The molecule has 0 spiro atoms. The number of para-hydroxylation sites is 4. The summed E-state index contributed by atoms with van der Waals surface area (Å²) < 4.78 is 3.91. The summed E-state index contributed by atoms with van der Waals surface area (Å²) in [7, 11) is 0. The van der Waals surface area contributed by atoms with Gasteiger partial charge in [0.2, 0.25) is 0 Å². The zero-order valence-electron chi connectivity index (χ0n) is 20.1. The van der Waals surface area contributed by atoms with E-state index < -0.39 is 0 Å². The second kappa shape index (κ2) is 8.29. The van der Waals surface area contributed by atoms with E-state index in [9.17, 15) is 14.9 Å². The number of rotatable bonds is 2. The summed E-state index contributed by atoms with van der Waals surface area (Å²) >= 11 is 0. The van der Waals surface area contributed by atoms with Crippen LogP contribution in [0.15, 0.2) is 125 Å². The van der Waals surface area contributed by atoms with Crippen LogP contribution in [0.2, 0.25) is 0 Å². The lowest BCUT2D eigenvalue weighted by atomic mass is 9.99. The first-order valence-electron chi connectivity index (χ1n) is 12.3. The van der Waals surface area contributed by atoms with Gasteiger partial charge >= 0.3 is 0 Å². The Bertz CT molecular complexity index is 2070. The van der Waals surface area contributed by atoms with Gasteiger partial charge in [-0.15, -0.1) is 0 Å². The largest absolute Gasteiger partial charge is 0.308 e. The summed E-state index contributed by atoms with van der Waals surface area (Å²) in [6, 6.07) is 38.2. The van der Waals surface area contributed by atoms with Crippen molar-refractivity contribution >= 4 is 43.6 Å². The van der Waals surface area contributed by atoms with Gasteiger partial charge in [-0.05, 0) is 54.6 Å². The van der Waals surface area contributed by atoms with Crippen LogP contribution in [0.4, 0.5) is 0 Å². The van der Waals surface area contributed by atoms with Crippen molar-refractivity contribution in [2.24, 2.45) is 0 Å². The molecule has 0 amide bonds. The fraction of sp³-hybridized carbons (Fsp3) is 0. The number of nitriles is 1. The van der Waals surface area contributed by atoms with Gasteiger partial charge in [-0.25, -0.2) is 0 Å². The van der Waals surface area contributed by atoms with Crippen LogP contribution in [0.1, 0.15) is 5.56 Å². The number of fused-ring (bicyclic) bond motifs is 4. The number of hydrogen-bond acceptors (Lipinski definition) is 3. The second-order valence-corrected chi connectivity index (χ2v) is 9.19. The molecule has 5 heteroatoms. The molecule has 0 fully saturated rings. The first kappa shape index (κ1) is 21.8. The summed E-state index contributed by atoms with van der Waals surface area (Å²) in [4.78, 5) is 27.8. The molecule has 2 heterocycles. The molecule has 178 valence electrons. The van der Waals surface area contributed by atoms with E-state index in [1.807, 2.05) is 106 Å². The first-order valence-corrected chi connectivity index (χ1v) is 12.3. The van der Waals surface area contributed by atoms with E-state index >= 15 is 0 Å². The third kappa shape index (κ3) is 2.98. The number of pyridine rings is 2. The fourth-order valence-corrected chi connectivity index (χ4v) is 5.52. The maximum absolute atomic E-state index is 13.9. The van der Waals surface area contributed by atoms with Crippen molar-refractivity contribution in [1.29, 1.82) is 5.26 Å². The second-order valence-electron chi connectivity index (χ2n) is 9.19. The molecular weight excluding hydrogens is 470 g/mol. The Morgan fingerprint density at radius 2 is 0.895 bits per heavy atom.